The predicted octanol–water partition coefficient (Wildman–Crippen LogP) is 3.67. The van der Waals surface area contributed by atoms with Crippen molar-refractivity contribution in [1.82, 2.24) is 0 Å². The Morgan fingerprint density at radius 1 is 1.00 bits per heavy atom. The van der Waals surface area contributed by atoms with Gasteiger partial charge in [-0.1, -0.05) is 12.1 Å². The van der Waals surface area contributed by atoms with E-state index in [1.54, 1.807) is 12.1 Å². The van der Waals surface area contributed by atoms with E-state index in [4.69, 9.17) is 0 Å². The number of carbonyl (C=O) groups excluding carboxylic acids is 1. The molecule has 0 radical (unpaired) electrons. The topological polar surface area (TPSA) is 29.4 Å². The van der Waals surface area contributed by atoms with E-state index in [1.165, 1.54) is 30.3 Å². The number of carbonyl (C=O) groups is 1. The molecule has 19 heavy (non-hydrogen) atoms. The first-order valence-electron chi connectivity index (χ1n) is 5.80. The van der Waals surface area contributed by atoms with Gasteiger partial charge in [-0.2, -0.15) is 0 Å². The second kappa shape index (κ2) is 4.39. The molecule has 4 heteroatoms. The van der Waals surface area contributed by atoms with Crippen molar-refractivity contribution in [2.45, 2.75) is 6.42 Å². The van der Waals surface area contributed by atoms with Crippen molar-refractivity contribution < 1.29 is 13.6 Å². The smallest absolute Gasteiger partial charge is 0.171 e. The summed E-state index contributed by atoms with van der Waals surface area (Å²) in [5.74, 6) is -1.04. The summed E-state index contributed by atoms with van der Waals surface area (Å²) in [6, 6.07) is 9.83. The maximum atomic E-state index is 13.2. The van der Waals surface area contributed by atoms with Crippen LogP contribution in [-0.2, 0) is 0 Å². The summed E-state index contributed by atoms with van der Waals surface area (Å²) in [6.07, 6.45) is 0.0555. The number of hydrogen-bond acceptors (Lipinski definition) is 2. The van der Waals surface area contributed by atoms with Gasteiger partial charge in [-0.3, -0.25) is 9.79 Å². The summed E-state index contributed by atoms with van der Waals surface area (Å²) in [6.45, 7) is 0. The number of aliphatic imine (C=N–C) groups is 1. The third kappa shape index (κ3) is 2.17. The zero-order valence-corrected chi connectivity index (χ0v) is 9.86. The van der Waals surface area contributed by atoms with Crippen LogP contribution in [0.25, 0.3) is 0 Å². The monoisotopic (exact) mass is 257 g/mol. The van der Waals surface area contributed by atoms with Gasteiger partial charge in [-0.25, -0.2) is 8.78 Å². The first-order chi connectivity index (χ1) is 9.13. The maximum absolute atomic E-state index is 13.2. The fraction of sp³-hybridized carbons (Fsp3) is 0.0667. The van der Waals surface area contributed by atoms with Crippen LogP contribution in [0.3, 0.4) is 0 Å². The van der Waals surface area contributed by atoms with E-state index >= 15 is 0 Å². The largest absolute Gasteiger partial charge is 0.294 e. The number of Topliss-reactive ketones (excluding diaryl/α,β-unsaturated/α-hetero) is 1. The second-order valence-electron chi connectivity index (χ2n) is 4.33. The van der Waals surface area contributed by atoms with Gasteiger partial charge in [-0.05, 0) is 35.9 Å². The predicted molar refractivity (Wildman–Crippen MR) is 67.9 cm³/mol. The standard InChI is InChI=1S/C15H9F2NO/c16-10-3-1-2-9(6-10)14-8-15(19)12-7-11(17)4-5-13(12)18-14/h1-7H,8H2. The Morgan fingerprint density at radius 2 is 1.79 bits per heavy atom. The van der Waals surface area contributed by atoms with Crippen LogP contribution in [0.2, 0.25) is 0 Å². The summed E-state index contributed by atoms with van der Waals surface area (Å²) in [5.41, 5.74) is 1.78. The van der Waals surface area contributed by atoms with Gasteiger partial charge in [0.15, 0.2) is 5.78 Å². The van der Waals surface area contributed by atoms with Crippen molar-refractivity contribution in [3.63, 3.8) is 0 Å². The zero-order valence-electron chi connectivity index (χ0n) is 9.86. The van der Waals surface area contributed by atoms with Crippen molar-refractivity contribution in [3.05, 3.63) is 65.2 Å². The van der Waals surface area contributed by atoms with Crippen LogP contribution in [0.4, 0.5) is 14.5 Å². The van der Waals surface area contributed by atoms with E-state index in [2.05, 4.69) is 4.99 Å². The summed E-state index contributed by atoms with van der Waals surface area (Å²) >= 11 is 0. The van der Waals surface area contributed by atoms with Gasteiger partial charge < -0.3 is 0 Å². The summed E-state index contributed by atoms with van der Waals surface area (Å²) < 4.78 is 26.3. The zero-order chi connectivity index (χ0) is 13.4. The Labute approximate surface area is 108 Å². The normalized spacial score (nSPS) is 14.0. The highest BCUT2D eigenvalue weighted by atomic mass is 19.1. The lowest BCUT2D eigenvalue weighted by molar-refractivity contribution is 0.0999. The fourth-order valence-corrected chi connectivity index (χ4v) is 2.10. The SMILES string of the molecule is O=C1CC(c2cccc(F)c2)=Nc2ccc(F)cc21. The van der Waals surface area contributed by atoms with Crippen LogP contribution in [0.1, 0.15) is 22.3 Å². The summed E-state index contributed by atoms with van der Waals surface area (Å²) in [7, 11) is 0. The van der Waals surface area contributed by atoms with Crippen molar-refractivity contribution in [2.24, 2.45) is 4.99 Å². The molecule has 0 bridgehead atoms. The molecule has 0 N–H and O–H groups in total. The molecule has 2 nitrogen and oxygen atoms in total. The number of benzene rings is 2. The molecule has 0 spiro atoms. The molecular weight excluding hydrogens is 248 g/mol. The Hall–Kier alpha value is -2.36. The molecule has 0 unspecified atom stereocenters. The number of ketones is 1. The van der Waals surface area contributed by atoms with Gasteiger partial charge in [0.1, 0.15) is 11.6 Å². The number of rotatable bonds is 1. The Balaban J connectivity index is 2.11. The molecule has 3 rings (SSSR count). The summed E-state index contributed by atoms with van der Waals surface area (Å²) in [5, 5.41) is 0. The Kier molecular flexibility index (Phi) is 2.71. The quantitative estimate of drug-likeness (QED) is 0.766. The van der Waals surface area contributed by atoms with Crippen LogP contribution >= 0.6 is 0 Å². The second-order valence-corrected chi connectivity index (χ2v) is 4.33. The van der Waals surface area contributed by atoms with E-state index in [0.29, 0.717) is 17.0 Å². The van der Waals surface area contributed by atoms with Gasteiger partial charge in [-0.15, -0.1) is 0 Å². The highest BCUT2D eigenvalue weighted by Crippen LogP contribution is 2.28. The van der Waals surface area contributed by atoms with Gasteiger partial charge in [0.05, 0.1) is 17.8 Å². The molecule has 2 aromatic carbocycles. The number of nitrogens with zero attached hydrogens (tertiary/aromatic N) is 1. The average Bonchev–Trinajstić information content (AvgIpc) is 2.39. The first-order valence-corrected chi connectivity index (χ1v) is 5.80. The lowest BCUT2D eigenvalue weighted by Gasteiger charge is -2.14. The third-order valence-electron chi connectivity index (χ3n) is 3.00. The highest BCUT2D eigenvalue weighted by molar-refractivity contribution is 6.20. The van der Waals surface area contributed by atoms with Crippen molar-refractivity contribution in [1.29, 1.82) is 0 Å². The van der Waals surface area contributed by atoms with E-state index in [9.17, 15) is 13.6 Å². The Bertz CT molecular complexity index is 707. The first kappa shape index (κ1) is 11.7. The third-order valence-corrected chi connectivity index (χ3v) is 3.00. The molecule has 0 saturated carbocycles. The van der Waals surface area contributed by atoms with Crippen molar-refractivity contribution in [2.75, 3.05) is 0 Å². The summed E-state index contributed by atoms with van der Waals surface area (Å²) in [4.78, 5) is 16.3. The number of halogens is 2. The van der Waals surface area contributed by atoms with Gasteiger partial charge in [0, 0.05) is 5.56 Å². The molecule has 2 aromatic rings. The van der Waals surface area contributed by atoms with Gasteiger partial charge in [0.2, 0.25) is 0 Å². The molecule has 0 aliphatic carbocycles. The van der Waals surface area contributed by atoms with Crippen LogP contribution in [0.5, 0.6) is 0 Å². The van der Waals surface area contributed by atoms with Crippen LogP contribution in [0, 0.1) is 11.6 Å². The minimum Gasteiger partial charge on any atom is -0.294 e. The van der Waals surface area contributed by atoms with E-state index in [-0.39, 0.29) is 23.6 Å². The van der Waals surface area contributed by atoms with Crippen LogP contribution in [-0.4, -0.2) is 11.5 Å². The molecule has 0 aromatic heterocycles. The molecule has 0 saturated heterocycles. The molecule has 0 atom stereocenters. The van der Waals surface area contributed by atoms with Crippen molar-refractivity contribution >= 4 is 17.2 Å². The highest BCUT2D eigenvalue weighted by Gasteiger charge is 2.21. The van der Waals surface area contributed by atoms with Crippen LogP contribution in [0.15, 0.2) is 47.5 Å². The van der Waals surface area contributed by atoms with E-state index in [1.807, 2.05) is 0 Å². The molecule has 1 aliphatic rings. The number of fused-ring (bicyclic) bond motifs is 1. The minimum atomic E-state index is -0.462. The van der Waals surface area contributed by atoms with E-state index in [0.717, 1.165) is 0 Å². The van der Waals surface area contributed by atoms with E-state index < -0.39 is 5.82 Å². The molecule has 94 valence electrons. The molecule has 1 heterocycles. The fourth-order valence-electron chi connectivity index (χ4n) is 2.10. The average molecular weight is 257 g/mol. The minimum absolute atomic E-state index is 0.0555. The molecule has 1 aliphatic heterocycles. The van der Waals surface area contributed by atoms with Crippen molar-refractivity contribution in [3.8, 4) is 0 Å². The molecule has 0 amide bonds. The Morgan fingerprint density at radius 3 is 2.58 bits per heavy atom. The van der Waals surface area contributed by atoms with Crippen LogP contribution < -0.4 is 0 Å². The van der Waals surface area contributed by atoms with Gasteiger partial charge >= 0.3 is 0 Å². The van der Waals surface area contributed by atoms with Gasteiger partial charge in [0.25, 0.3) is 0 Å². The number of hydrogen-bond donors (Lipinski definition) is 0. The lowest BCUT2D eigenvalue weighted by Crippen LogP contribution is -2.14. The maximum Gasteiger partial charge on any atom is 0.171 e. The lowest BCUT2D eigenvalue weighted by atomic mass is 9.96. The molecular formula is C15H9F2NO. The molecule has 0 fully saturated rings.